The summed E-state index contributed by atoms with van der Waals surface area (Å²) >= 11 is 3.38. The number of hydrogen-bond acceptors (Lipinski definition) is 4. The van der Waals surface area contributed by atoms with Gasteiger partial charge >= 0.3 is 0 Å². The second-order valence-electron chi connectivity index (χ2n) is 8.74. The molecule has 0 bridgehead atoms. The smallest absolute Gasteiger partial charge is 0.277 e. The highest BCUT2D eigenvalue weighted by atomic mass is 79.9. The van der Waals surface area contributed by atoms with E-state index in [0.29, 0.717) is 17.7 Å². The van der Waals surface area contributed by atoms with Crippen LogP contribution in [0.15, 0.2) is 52.0 Å². The average Bonchev–Trinajstić information content (AvgIpc) is 2.66. The Morgan fingerprint density at radius 1 is 1.33 bits per heavy atom. The Morgan fingerprint density at radius 3 is 2.80 bits per heavy atom. The molecule has 1 unspecified atom stereocenters. The first-order valence-electron chi connectivity index (χ1n) is 10.3. The molecule has 1 amide bonds. The summed E-state index contributed by atoms with van der Waals surface area (Å²) in [5.74, 6) is 0.793. The summed E-state index contributed by atoms with van der Waals surface area (Å²) in [5.41, 5.74) is 6.24. The van der Waals surface area contributed by atoms with Gasteiger partial charge in [0.1, 0.15) is 5.75 Å². The number of hydrazone groups is 1. The molecule has 0 spiro atoms. The van der Waals surface area contributed by atoms with Gasteiger partial charge in [0.15, 0.2) is 6.61 Å². The fourth-order valence-electron chi connectivity index (χ4n) is 4.44. The van der Waals surface area contributed by atoms with Crippen LogP contribution in [-0.4, -0.2) is 30.3 Å². The largest absolute Gasteiger partial charge is 0.484 e. The molecule has 1 heterocycles. The lowest BCUT2D eigenvalue weighted by atomic mass is 9.79. The standard InChI is InChI=1S/C24H30BrN3O2/c1-16(2)28-22-10-9-18(11-21(22)17(3)13-24(28,4)5)14-26-27-23(29)15-30-20-8-6-7-19(25)12-20/h6-12,14,16-17H,13,15H2,1-5H3,(H,27,29)/b26-14-. The third-order valence-electron chi connectivity index (χ3n) is 5.39. The van der Waals surface area contributed by atoms with Crippen molar-refractivity contribution in [3.8, 4) is 5.75 Å². The molecule has 1 N–H and O–H groups in total. The molecule has 0 aromatic heterocycles. The van der Waals surface area contributed by atoms with E-state index >= 15 is 0 Å². The first-order chi connectivity index (χ1) is 14.2. The van der Waals surface area contributed by atoms with Crippen molar-refractivity contribution in [1.82, 2.24) is 5.43 Å². The second-order valence-corrected chi connectivity index (χ2v) is 9.65. The number of rotatable bonds is 6. The lowest BCUT2D eigenvalue weighted by Crippen LogP contribution is -2.51. The van der Waals surface area contributed by atoms with Gasteiger partial charge in [0.25, 0.3) is 5.91 Å². The van der Waals surface area contributed by atoms with Crippen molar-refractivity contribution < 1.29 is 9.53 Å². The number of anilines is 1. The SMILES string of the molecule is CC1CC(C)(C)N(C(C)C)c2ccc(/C=N\NC(=O)COc3cccc(Br)c3)cc21. The number of carbonyl (C=O) groups excluding carboxylic acids is 1. The molecule has 0 radical (unpaired) electrons. The predicted octanol–water partition coefficient (Wildman–Crippen LogP) is 5.48. The molecule has 2 aromatic rings. The van der Waals surface area contributed by atoms with Crippen molar-refractivity contribution in [2.75, 3.05) is 11.5 Å². The fraction of sp³-hybridized carbons (Fsp3) is 0.417. The van der Waals surface area contributed by atoms with Crippen LogP contribution in [0.2, 0.25) is 0 Å². The third-order valence-corrected chi connectivity index (χ3v) is 5.88. The number of amides is 1. The Balaban J connectivity index is 1.64. The molecule has 3 rings (SSSR count). The molecule has 6 heteroatoms. The van der Waals surface area contributed by atoms with Gasteiger partial charge in [0.05, 0.1) is 6.21 Å². The van der Waals surface area contributed by atoms with Crippen LogP contribution in [0.4, 0.5) is 5.69 Å². The Bertz CT molecular complexity index is 940. The van der Waals surface area contributed by atoms with Gasteiger partial charge in [-0.2, -0.15) is 5.10 Å². The summed E-state index contributed by atoms with van der Waals surface area (Å²) in [6.07, 6.45) is 2.78. The minimum Gasteiger partial charge on any atom is -0.484 e. The molecular weight excluding hydrogens is 442 g/mol. The number of carbonyl (C=O) groups is 1. The zero-order valence-corrected chi connectivity index (χ0v) is 19.9. The van der Waals surface area contributed by atoms with Gasteiger partial charge in [-0.15, -0.1) is 0 Å². The Hall–Kier alpha value is -2.34. The van der Waals surface area contributed by atoms with Gasteiger partial charge in [-0.1, -0.05) is 35.0 Å². The average molecular weight is 472 g/mol. The number of fused-ring (bicyclic) bond motifs is 1. The maximum absolute atomic E-state index is 12.0. The van der Waals surface area contributed by atoms with E-state index in [4.69, 9.17) is 4.74 Å². The molecule has 1 aliphatic rings. The van der Waals surface area contributed by atoms with Gasteiger partial charge in [-0.25, -0.2) is 5.43 Å². The summed E-state index contributed by atoms with van der Waals surface area (Å²) in [4.78, 5) is 14.5. The van der Waals surface area contributed by atoms with E-state index in [1.807, 2.05) is 18.2 Å². The third kappa shape index (κ3) is 5.22. The van der Waals surface area contributed by atoms with E-state index in [1.165, 1.54) is 11.3 Å². The number of nitrogens with one attached hydrogen (secondary N) is 1. The summed E-state index contributed by atoms with van der Waals surface area (Å²) in [6, 6.07) is 14.2. The lowest BCUT2D eigenvalue weighted by Gasteiger charge is -2.50. The summed E-state index contributed by atoms with van der Waals surface area (Å²) in [5, 5.41) is 4.10. The zero-order chi connectivity index (χ0) is 21.9. The van der Waals surface area contributed by atoms with Crippen LogP contribution in [0.5, 0.6) is 5.75 Å². The van der Waals surface area contributed by atoms with Gasteiger partial charge < -0.3 is 9.64 Å². The van der Waals surface area contributed by atoms with Crippen molar-refractivity contribution in [1.29, 1.82) is 0 Å². The predicted molar refractivity (Wildman–Crippen MR) is 127 cm³/mol. The molecule has 1 aliphatic heterocycles. The Kier molecular flexibility index (Phi) is 6.86. The highest BCUT2D eigenvalue weighted by Gasteiger charge is 2.37. The Labute approximate surface area is 187 Å². The van der Waals surface area contributed by atoms with Crippen molar-refractivity contribution in [2.45, 2.75) is 58.5 Å². The molecule has 0 fully saturated rings. The van der Waals surface area contributed by atoms with E-state index < -0.39 is 0 Å². The first-order valence-corrected chi connectivity index (χ1v) is 11.1. The fourth-order valence-corrected chi connectivity index (χ4v) is 4.82. The van der Waals surface area contributed by atoms with Crippen molar-refractivity contribution in [3.63, 3.8) is 0 Å². The van der Waals surface area contributed by atoms with Crippen molar-refractivity contribution >= 4 is 33.7 Å². The van der Waals surface area contributed by atoms with Crippen LogP contribution >= 0.6 is 15.9 Å². The summed E-state index contributed by atoms with van der Waals surface area (Å²) in [6.45, 7) is 11.3. The van der Waals surface area contributed by atoms with Crippen LogP contribution in [0.3, 0.4) is 0 Å². The van der Waals surface area contributed by atoms with Gasteiger partial charge in [-0.05, 0) is 81.5 Å². The number of halogens is 1. The van der Waals surface area contributed by atoms with Crippen molar-refractivity contribution in [3.05, 3.63) is 58.1 Å². The summed E-state index contributed by atoms with van der Waals surface area (Å²) < 4.78 is 6.37. The highest BCUT2D eigenvalue weighted by molar-refractivity contribution is 9.10. The van der Waals surface area contributed by atoms with Gasteiger partial charge in [0.2, 0.25) is 0 Å². The molecule has 0 aliphatic carbocycles. The summed E-state index contributed by atoms with van der Waals surface area (Å²) in [7, 11) is 0. The van der Waals surface area contributed by atoms with Gasteiger partial charge in [-0.3, -0.25) is 4.79 Å². The van der Waals surface area contributed by atoms with Crippen LogP contribution in [-0.2, 0) is 4.79 Å². The zero-order valence-electron chi connectivity index (χ0n) is 18.3. The van der Waals surface area contributed by atoms with E-state index in [0.717, 1.165) is 16.5 Å². The molecule has 30 heavy (non-hydrogen) atoms. The van der Waals surface area contributed by atoms with Crippen LogP contribution in [0.1, 0.15) is 58.1 Å². The topological polar surface area (TPSA) is 53.9 Å². The minimum absolute atomic E-state index is 0.0898. The maximum atomic E-state index is 12.0. The molecule has 1 atom stereocenters. The lowest BCUT2D eigenvalue weighted by molar-refractivity contribution is -0.123. The molecule has 0 saturated heterocycles. The van der Waals surface area contributed by atoms with Crippen LogP contribution in [0, 0.1) is 0 Å². The van der Waals surface area contributed by atoms with E-state index in [9.17, 15) is 4.79 Å². The van der Waals surface area contributed by atoms with E-state index in [-0.39, 0.29) is 18.1 Å². The number of benzene rings is 2. The molecule has 2 aromatic carbocycles. The number of hydrogen-bond donors (Lipinski definition) is 1. The molecule has 160 valence electrons. The monoisotopic (exact) mass is 471 g/mol. The van der Waals surface area contributed by atoms with E-state index in [2.05, 4.69) is 84.2 Å². The van der Waals surface area contributed by atoms with Crippen molar-refractivity contribution in [2.24, 2.45) is 5.10 Å². The highest BCUT2D eigenvalue weighted by Crippen LogP contribution is 2.44. The second kappa shape index (κ2) is 9.21. The first kappa shape index (κ1) is 22.3. The molecule has 5 nitrogen and oxygen atoms in total. The minimum atomic E-state index is -0.301. The van der Waals surface area contributed by atoms with Gasteiger partial charge in [0, 0.05) is 21.7 Å². The molecular formula is C24H30BrN3O2. The molecule has 0 saturated carbocycles. The van der Waals surface area contributed by atoms with Crippen LogP contribution < -0.4 is 15.1 Å². The Morgan fingerprint density at radius 2 is 2.10 bits per heavy atom. The normalized spacial score (nSPS) is 17.8. The maximum Gasteiger partial charge on any atom is 0.277 e. The number of nitrogens with zero attached hydrogens (tertiary/aromatic N) is 2. The van der Waals surface area contributed by atoms with E-state index in [1.54, 1.807) is 12.3 Å². The van der Waals surface area contributed by atoms with Crippen LogP contribution in [0.25, 0.3) is 0 Å². The quantitative estimate of drug-likeness (QED) is 0.448. The number of ether oxygens (including phenoxy) is 1.